The first kappa shape index (κ1) is 15.2. The molecule has 1 heterocycles. The van der Waals surface area contributed by atoms with Gasteiger partial charge in [-0.3, -0.25) is 19.2 Å². The summed E-state index contributed by atoms with van der Waals surface area (Å²) in [5, 5.41) is 15.0. The van der Waals surface area contributed by atoms with Crippen molar-refractivity contribution in [1.29, 1.82) is 0 Å². The minimum absolute atomic E-state index is 0.288. The maximum atomic E-state index is 11.5. The van der Waals surface area contributed by atoms with E-state index in [4.69, 9.17) is 5.11 Å². The summed E-state index contributed by atoms with van der Waals surface area (Å²) in [7, 11) is 0. The highest BCUT2D eigenvalue weighted by atomic mass is 16.4. The molecule has 0 spiro atoms. The fraction of sp³-hybridized carbons (Fsp3) is 0.273. The van der Waals surface area contributed by atoms with Gasteiger partial charge in [0.25, 0.3) is 5.91 Å². The normalized spacial score (nSPS) is 9.60. The summed E-state index contributed by atoms with van der Waals surface area (Å²) in [5.41, 5.74) is 0.317. The highest BCUT2D eigenvalue weighted by molar-refractivity contribution is 5.95. The van der Waals surface area contributed by atoms with Crippen LogP contribution in [0.2, 0.25) is 0 Å². The van der Waals surface area contributed by atoms with Gasteiger partial charge in [0.05, 0.1) is 13.1 Å². The lowest BCUT2D eigenvalue weighted by molar-refractivity contribution is -0.137. The lowest BCUT2D eigenvalue weighted by atomic mass is 10.4. The number of carboxylic acids is 1. The molecule has 3 amide bonds. The number of hydrogen-bond donors (Lipinski definition) is 5. The highest BCUT2D eigenvalue weighted by Crippen LogP contribution is 1.92. The molecule has 0 unspecified atom stereocenters. The monoisotopic (exact) mass is 282 g/mol. The number of aromatic nitrogens is 1. The van der Waals surface area contributed by atoms with Gasteiger partial charge < -0.3 is 26.0 Å². The molecule has 0 bridgehead atoms. The number of carbonyl (C=O) groups excluding carboxylic acids is 3. The smallest absolute Gasteiger partial charge is 0.322 e. The zero-order chi connectivity index (χ0) is 15.0. The van der Waals surface area contributed by atoms with Crippen molar-refractivity contribution in [3.05, 3.63) is 24.0 Å². The summed E-state index contributed by atoms with van der Waals surface area (Å²) in [5.74, 6) is -2.81. The van der Waals surface area contributed by atoms with Crippen LogP contribution in [0.5, 0.6) is 0 Å². The number of carboxylic acid groups (broad SMARTS) is 1. The third-order valence-corrected chi connectivity index (χ3v) is 2.13. The number of nitrogens with one attached hydrogen (secondary N) is 4. The van der Waals surface area contributed by atoms with Crippen LogP contribution in [0.3, 0.4) is 0 Å². The molecule has 0 aliphatic heterocycles. The molecule has 0 fully saturated rings. The molecule has 9 heteroatoms. The van der Waals surface area contributed by atoms with Crippen molar-refractivity contribution in [2.75, 3.05) is 19.6 Å². The largest absolute Gasteiger partial charge is 0.480 e. The van der Waals surface area contributed by atoms with Crippen molar-refractivity contribution < 1.29 is 24.3 Å². The van der Waals surface area contributed by atoms with Crippen LogP contribution < -0.4 is 16.0 Å². The van der Waals surface area contributed by atoms with Gasteiger partial charge >= 0.3 is 5.97 Å². The molecule has 0 aromatic carbocycles. The Morgan fingerprint density at radius 3 is 2.15 bits per heavy atom. The van der Waals surface area contributed by atoms with E-state index in [0.717, 1.165) is 0 Å². The third kappa shape index (κ3) is 5.67. The van der Waals surface area contributed by atoms with E-state index in [0.29, 0.717) is 5.69 Å². The molecule has 20 heavy (non-hydrogen) atoms. The van der Waals surface area contributed by atoms with Crippen molar-refractivity contribution >= 4 is 23.7 Å². The van der Waals surface area contributed by atoms with E-state index in [1.807, 2.05) is 0 Å². The van der Waals surface area contributed by atoms with Crippen LogP contribution in [-0.4, -0.2) is 53.4 Å². The lowest BCUT2D eigenvalue weighted by Gasteiger charge is -2.06. The number of aromatic amines is 1. The standard InChI is InChI=1S/C11H14N4O5/c16-8(14-6-10(18)19)4-13-9(17)5-15-11(20)7-2-1-3-12-7/h1-3,12H,4-6H2,(H,13,17)(H,14,16)(H,15,20)(H,18,19). The minimum Gasteiger partial charge on any atom is -0.480 e. The molecule has 1 aromatic heterocycles. The summed E-state index contributed by atoms with van der Waals surface area (Å²) in [6.07, 6.45) is 1.57. The van der Waals surface area contributed by atoms with Crippen molar-refractivity contribution in [1.82, 2.24) is 20.9 Å². The highest BCUT2D eigenvalue weighted by Gasteiger charge is 2.09. The average Bonchev–Trinajstić information content (AvgIpc) is 2.94. The molecule has 1 rings (SSSR count). The number of rotatable bonds is 7. The Bertz CT molecular complexity index is 497. The van der Waals surface area contributed by atoms with Crippen LogP contribution in [0, 0.1) is 0 Å². The second-order valence-electron chi connectivity index (χ2n) is 3.71. The first-order valence-electron chi connectivity index (χ1n) is 5.66. The van der Waals surface area contributed by atoms with E-state index in [1.54, 1.807) is 18.3 Å². The molecular formula is C11H14N4O5. The van der Waals surface area contributed by atoms with Crippen molar-refractivity contribution in [3.63, 3.8) is 0 Å². The first-order chi connectivity index (χ1) is 9.49. The zero-order valence-corrected chi connectivity index (χ0v) is 10.4. The van der Waals surface area contributed by atoms with Gasteiger partial charge in [-0.15, -0.1) is 0 Å². The van der Waals surface area contributed by atoms with Crippen LogP contribution in [-0.2, 0) is 14.4 Å². The summed E-state index contributed by atoms with van der Waals surface area (Å²) in [6.45, 7) is -1.16. The first-order valence-corrected chi connectivity index (χ1v) is 5.66. The van der Waals surface area contributed by atoms with Gasteiger partial charge in [0.15, 0.2) is 0 Å². The van der Waals surface area contributed by atoms with Crippen LogP contribution in [0.15, 0.2) is 18.3 Å². The lowest BCUT2D eigenvalue weighted by Crippen LogP contribution is -2.42. The van der Waals surface area contributed by atoms with Crippen LogP contribution >= 0.6 is 0 Å². The predicted molar refractivity (Wildman–Crippen MR) is 66.8 cm³/mol. The van der Waals surface area contributed by atoms with E-state index in [2.05, 4.69) is 20.9 Å². The Kier molecular flexibility index (Phi) is 5.75. The molecular weight excluding hydrogens is 268 g/mol. The van der Waals surface area contributed by atoms with Crippen LogP contribution in [0.4, 0.5) is 0 Å². The number of amides is 3. The average molecular weight is 282 g/mol. The maximum absolute atomic E-state index is 11.5. The number of hydrogen-bond acceptors (Lipinski definition) is 4. The second kappa shape index (κ2) is 7.56. The van der Waals surface area contributed by atoms with Gasteiger partial charge in [0, 0.05) is 6.20 Å². The molecule has 0 atom stereocenters. The van der Waals surface area contributed by atoms with Gasteiger partial charge in [-0.05, 0) is 12.1 Å². The van der Waals surface area contributed by atoms with E-state index in [1.165, 1.54) is 0 Å². The van der Waals surface area contributed by atoms with E-state index >= 15 is 0 Å². The molecule has 1 aromatic rings. The maximum Gasteiger partial charge on any atom is 0.322 e. The van der Waals surface area contributed by atoms with Crippen molar-refractivity contribution in [2.24, 2.45) is 0 Å². The van der Waals surface area contributed by atoms with Gasteiger partial charge in [-0.25, -0.2) is 0 Å². The summed E-state index contributed by atoms with van der Waals surface area (Å²) in [4.78, 5) is 46.7. The predicted octanol–water partition coefficient (Wildman–Crippen LogP) is -1.94. The SMILES string of the molecule is O=C(O)CNC(=O)CNC(=O)CNC(=O)c1ccc[nH]1. The Morgan fingerprint density at radius 2 is 1.60 bits per heavy atom. The third-order valence-electron chi connectivity index (χ3n) is 2.13. The van der Waals surface area contributed by atoms with Crippen LogP contribution in [0.1, 0.15) is 10.5 Å². The Morgan fingerprint density at radius 1 is 1.00 bits per heavy atom. The van der Waals surface area contributed by atoms with Gasteiger partial charge in [0.1, 0.15) is 12.2 Å². The zero-order valence-electron chi connectivity index (χ0n) is 10.4. The van der Waals surface area contributed by atoms with Gasteiger partial charge in [-0.2, -0.15) is 0 Å². The van der Waals surface area contributed by atoms with Gasteiger partial charge in [0.2, 0.25) is 11.8 Å². The molecule has 0 aliphatic rings. The minimum atomic E-state index is -1.18. The molecule has 0 saturated heterocycles. The molecule has 0 aliphatic carbocycles. The van der Waals surface area contributed by atoms with Gasteiger partial charge in [-0.1, -0.05) is 0 Å². The number of H-pyrrole nitrogens is 1. The molecule has 5 N–H and O–H groups in total. The fourth-order valence-electron chi connectivity index (χ4n) is 1.21. The summed E-state index contributed by atoms with van der Waals surface area (Å²) < 4.78 is 0. The number of aliphatic carboxylic acids is 1. The second-order valence-corrected chi connectivity index (χ2v) is 3.71. The van der Waals surface area contributed by atoms with E-state index in [9.17, 15) is 19.2 Å². The topological polar surface area (TPSA) is 140 Å². The number of carbonyl (C=O) groups is 4. The molecule has 0 radical (unpaired) electrons. The molecule has 9 nitrogen and oxygen atoms in total. The Hall–Kier alpha value is -2.84. The van der Waals surface area contributed by atoms with Crippen molar-refractivity contribution in [3.8, 4) is 0 Å². The van der Waals surface area contributed by atoms with Crippen LogP contribution in [0.25, 0.3) is 0 Å². The van der Waals surface area contributed by atoms with E-state index in [-0.39, 0.29) is 13.1 Å². The molecule has 0 saturated carbocycles. The Balaban J connectivity index is 2.19. The van der Waals surface area contributed by atoms with E-state index < -0.39 is 30.2 Å². The summed E-state index contributed by atoms with van der Waals surface area (Å²) in [6, 6.07) is 3.19. The summed E-state index contributed by atoms with van der Waals surface area (Å²) >= 11 is 0. The quantitative estimate of drug-likeness (QED) is 0.396. The Labute approximate surface area is 113 Å². The molecule has 108 valence electrons. The fourth-order valence-corrected chi connectivity index (χ4v) is 1.21. The van der Waals surface area contributed by atoms with Crippen molar-refractivity contribution in [2.45, 2.75) is 0 Å².